The molecule has 2 rings (SSSR count). The Morgan fingerprint density at radius 1 is 1.42 bits per heavy atom. The first-order valence-electron chi connectivity index (χ1n) is 6.34. The number of nitrogens with zero attached hydrogens (tertiary/aromatic N) is 2. The van der Waals surface area contributed by atoms with Crippen LogP contribution in [0.25, 0.3) is 0 Å². The van der Waals surface area contributed by atoms with Crippen LogP contribution >= 0.6 is 0 Å². The number of carbonyl (C=O) groups is 1. The fraction of sp³-hybridized carbons (Fsp3) is 0.500. The highest BCUT2D eigenvalue weighted by Crippen LogP contribution is 2.25. The first-order chi connectivity index (χ1) is 8.90. The molecule has 0 spiro atoms. The first-order valence-corrected chi connectivity index (χ1v) is 6.34. The SMILES string of the molecule is CC1CN(C(=O)c2cc(F)ccc2O)CC1N(C)C. The predicted molar refractivity (Wildman–Crippen MR) is 70.6 cm³/mol. The molecule has 1 aromatic rings. The predicted octanol–water partition coefficient (Wildman–Crippen LogP) is 1.55. The molecule has 5 heteroatoms. The van der Waals surface area contributed by atoms with Crippen LogP contribution in [0.15, 0.2) is 18.2 Å². The fourth-order valence-corrected chi connectivity index (χ4v) is 2.64. The van der Waals surface area contributed by atoms with Crippen molar-refractivity contribution in [1.29, 1.82) is 0 Å². The molecule has 0 aliphatic carbocycles. The summed E-state index contributed by atoms with van der Waals surface area (Å²) in [5, 5.41) is 9.68. The Balaban J connectivity index is 2.19. The number of phenols is 1. The molecule has 1 amide bonds. The fourth-order valence-electron chi connectivity index (χ4n) is 2.64. The van der Waals surface area contributed by atoms with Crippen molar-refractivity contribution < 1.29 is 14.3 Å². The lowest BCUT2D eigenvalue weighted by atomic mass is 10.1. The summed E-state index contributed by atoms with van der Waals surface area (Å²) >= 11 is 0. The number of benzene rings is 1. The lowest BCUT2D eigenvalue weighted by Crippen LogP contribution is -2.35. The van der Waals surface area contributed by atoms with E-state index in [2.05, 4.69) is 11.8 Å². The number of likely N-dealkylation sites (tertiary alicyclic amines) is 1. The Hall–Kier alpha value is -1.62. The van der Waals surface area contributed by atoms with E-state index in [0.29, 0.717) is 25.0 Å². The van der Waals surface area contributed by atoms with Gasteiger partial charge in [-0.05, 0) is 38.2 Å². The smallest absolute Gasteiger partial charge is 0.257 e. The van der Waals surface area contributed by atoms with Gasteiger partial charge in [0.25, 0.3) is 5.91 Å². The lowest BCUT2D eigenvalue weighted by molar-refractivity contribution is 0.0778. The molecule has 4 nitrogen and oxygen atoms in total. The van der Waals surface area contributed by atoms with Gasteiger partial charge in [0.05, 0.1) is 5.56 Å². The molecule has 0 bridgehead atoms. The zero-order valence-electron chi connectivity index (χ0n) is 11.4. The van der Waals surface area contributed by atoms with E-state index in [1.165, 1.54) is 6.07 Å². The van der Waals surface area contributed by atoms with Crippen molar-refractivity contribution in [1.82, 2.24) is 9.80 Å². The van der Waals surface area contributed by atoms with E-state index in [-0.39, 0.29) is 17.2 Å². The molecule has 1 heterocycles. The van der Waals surface area contributed by atoms with Crippen LogP contribution in [0.4, 0.5) is 4.39 Å². The average molecular weight is 266 g/mol. The van der Waals surface area contributed by atoms with Gasteiger partial charge in [0.15, 0.2) is 0 Å². The van der Waals surface area contributed by atoms with Crippen molar-refractivity contribution >= 4 is 5.91 Å². The summed E-state index contributed by atoms with van der Waals surface area (Å²) in [7, 11) is 3.96. The van der Waals surface area contributed by atoms with E-state index < -0.39 is 5.82 Å². The van der Waals surface area contributed by atoms with Crippen molar-refractivity contribution in [2.24, 2.45) is 5.92 Å². The van der Waals surface area contributed by atoms with Gasteiger partial charge in [-0.15, -0.1) is 0 Å². The van der Waals surface area contributed by atoms with Crippen molar-refractivity contribution in [3.05, 3.63) is 29.6 Å². The highest BCUT2D eigenvalue weighted by atomic mass is 19.1. The van der Waals surface area contributed by atoms with Crippen molar-refractivity contribution in [3.63, 3.8) is 0 Å². The van der Waals surface area contributed by atoms with Crippen LogP contribution < -0.4 is 0 Å². The molecule has 0 saturated carbocycles. The minimum absolute atomic E-state index is 0.0339. The molecule has 104 valence electrons. The van der Waals surface area contributed by atoms with E-state index in [9.17, 15) is 14.3 Å². The Bertz CT molecular complexity index is 490. The number of carbonyl (C=O) groups excluding carboxylic acids is 1. The number of amides is 1. The first kappa shape index (κ1) is 13.8. The molecule has 2 unspecified atom stereocenters. The lowest BCUT2D eigenvalue weighted by Gasteiger charge is -2.22. The second-order valence-electron chi connectivity index (χ2n) is 5.38. The summed E-state index contributed by atoms with van der Waals surface area (Å²) < 4.78 is 13.2. The van der Waals surface area contributed by atoms with Gasteiger partial charge in [0.1, 0.15) is 11.6 Å². The van der Waals surface area contributed by atoms with Crippen LogP contribution in [0, 0.1) is 11.7 Å². The number of phenolic OH excluding ortho intramolecular Hbond substituents is 1. The van der Waals surface area contributed by atoms with Crippen molar-refractivity contribution in [2.45, 2.75) is 13.0 Å². The average Bonchev–Trinajstić information content (AvgIpc) is 2.74. The second kappa shape index (κ2) is 5.17. The maximum atomic E-state index is 13.2. The molecule has 1 N–H and O–H groups in total. The third-order valence-corrected chi connectivity index (χ3v) is 3.71. The summed E-state index contributed by atoms with van der Waals surface area (Å²) in [6, 6.07) is 3.73. The van der Waals surface area contributed by atoms with Crippen molar-refractivity contribution in [3.8, 4) is 5.75 Å². The molecule has 0 aromatic heterocycles. The molecule has 0 radical (unpaired) electrons. The molecular weight excluding hydrogens is 247 g/mol. The topological polar surface area (TPSA) is 43.8 Å². The van der Waals surface area contributed by atoms with Crippen LogP contribution in [-0.2, 0) is 0 Å². The van der Waals surface area contributed by atoms with Gasteiger partial charge in [-0.2, -0.15) is 0 Å². The quantitative estimate of drug-likeness (QED) is 0.883. The van der Waals surface area contributed by atoms with Crippen LogP contribution in [-0.4, -0.2) is 54.0 Å². The Kier molecular flexibility index (Phi) is 3.75. The summed E-state index contributed by atoms with van der Waals surface area (Å²) in [6.07, 6.45) is 0. The summed E-state index contributed by atoms with van der Waals surface area (Å²) in [4.78, 5) is 16.1. The standard InChI is InChI=1S/C14H19FN2O2/c1-9-7-17(8-12(9)16(2)3)14(19)11-6-10(15)4-5-13(11)18/h4-6,9,12,18H,7-8H2,1-3H3. The third-order valence-electron chi connectivity index (χ3n) is 3.71. The maximum absolute atomic E-state index is 13.2. The van der Waals surface area contributed by atoms with Crippen LogP contribution in [0.5, 0.6) is 5.75 Å². The van der Waals surface area contributed by atoms with Gasteiger partial charge >= 0.3 is 0 Å². The van der Waals surface area contributed by atoms with E-state index >= 15 is 0 Å². The Morgan fingerprint density at radius 3 is 2.68 bits per heavy atom. The summed E-state index contributed by atoms with van der Waals surface area (Å²) in [5.41, 5.74) is 0.0339. The van der Waals surface area contributed by atoms with E-state index in [1.807, 2.05) is 14.1 Å². The monoisotopic (exact) mass is 266 g/mol. The molecule has 1 aliphatic heterocycles. The number of hydrogen-bond acceptors (Lipinski definition) is 3. The van der Waals surface area contributed by atoms with E-state index in [0.717, 1.165) is 12.1 Å². The normalized spacial score (nSPS) is 23.1. The summed E-state index contributed by atoms with van der Waals surface area (Å²) in [5.74, 6) is -0.646. The highest BCUT2D eigenvalue weighted by molar-refractivity contribution is 5.97. The number of likely N-dealkylation sites (N-methyl/N-ethyl adjacent to an activating group) is 1. The zero-order chi connectivity index (χ0) is 14.2. The van der Waals surface area contributed by atoms with Gasteiger partial charge in [-0.1, -0.05) is 6.92 Å². The van der Waals surface area contributed by atoms with Gasteiger partial charge in [-0.25, -0.2) is 4.39 Å². The maximum Gasteiger partial charge on any atom is 0.257 e. The largest absolute Gasteiger partial charge is 0.507 e. The third kappa shape index (κ3) is 2.71. The van der Waals surface area contributed by atoms with Gasteiger partial charge in [0, 0.05) is 19.1 Å². The Labute approximate surface area is 112 Å². The molecule has 1 saturated heterocycles. The van der Waals surface area contributed by atoms with E-state index in [1.54, 1.807) is 4.90 Å². The minimum Gasteiger partial charge on any atom is -0.507 e. The van der Waals surface area contributed by atoms with E-state index in [4.69, 9.17) is 0 Å². The highest BCUT2D eigenvalue weighted by Gasteiger charge is 2.34. The minimum atomic E-state index is -0.516. The molecule has 2 atom stereocenters. The van der Waals surface area contributed by atoms with Gasteiger partial charge < -0.3 is 14.9 Å². The van der Waals surface area contributed by atoms with Crippen molar-refractivity contribution in [2.75, 3.05) is 27.2 Å². The molecule has 1 aromatic carbocycles. The van der Waals surface area contributed by atoms with Gasteiger partial charge in [-0.3, -0.25) is 4.79 Å². The molecule has 19 heavy (non-hydrogen) atoms. The Morgan fingerprint density at radius 2 is 2.11 bits per heavy atom. The van der Waals surface area contributed by atoms with Gasteiger partial charge in [0.2, 0.25) is 0 Å². The number of halogens is 1. The molecule has 1 fully saturated rings. The number of rotatable bonds is 2. The zero-order valence-corrected chi connectivity index (χ0v) is 11.4. The second-order valence-corrected chi connectivity index (χ2v) is 5.38. The van der Waals surface area contributed by atoms with Crippen LogP contribution in [0.3, 0.4) is 0 Å². The van der Waals surface area contributed by atoms with Crippen LogP contribution in [0.2, 0.25) is 0 Å². The van der Waals surface area contributed by atoms with Crippen LogP contribution in [0.1, 0.15) is 17.3 Å². The molecular formula is C14H19FN2O2. The number of aromatic hydroxyl groups is 1. The molecule has 1 aliphatic rings. The summed E-state index contributed by atoms with van der Waals surface area (Å²) in [6.45, 7) is 3.31. The number of hydrogen-bond donors (Lipinski definition) is 1.